The number of carbonyl (C=O) groups is 1. The molecule has 4 nitrogen and oxygen atoms in total. The summed E-state index contributed by atoms with van der Waals surface area (Å²) in [5, 5.41) is 6.52. The lowest BCUT2D eigenvalue weighted by Crippen LogP contribution is -2.53. The van der Waals surface area contributed by atoms with Gasteiger partial charge in [0.15, 0.2) is 0 Å². The van der Waals surface area contributed by atoms with Crippen molar-refractivity contribution in [1.29, 1.82) is 0 Å². The molecule has 2 N–H and O–H groups in total. The molecular weight excluding hydrogens is 250 g/mol. The molecule has 0 bridgehead atoms. The van der Waals surface area contributed by atoms with Crippen LogP contribution in [0.1, 0.15) is 44.1 Å². The average Bonchev–Trinajstić information content (AvgIpc) is 2.49. The van der Waals surface area contributed by atoms with Gasteiger partial charge in [0.25, 0.3) is 0 Å². The maximum Gasteiger partial charge on any atom is 0.242 e. The van der Waals surface area contributed by atoms with Crippen LogP contribution in [-0.4, -0.2) is 23.0 Å². The van der Waals surface area contributed by atoms with E-state index >= 15 is 0 Å². The molecule has 3 atom stereocenters. The molecular formula is C16H23N3O. The van der Waals surface area contributed by atoms with E-state index in [1.807, 2.05) is 19.1 Å². The Labute approximate surface area is 120 Å². The summed E-state index contributed by atoms with van der Waals surface area (Å²) in [7, 11) is 0. The number of aromatic nitrogens is 1. The van der Waals surface area contributed by atoms with Crippen LogP contribution in [0, 0.1) is 12.8 Å². The standard InChI is InChI=1S/C16H23N3O/c1-11-5-4-10-17-15(11)19-16(20)14-9-8-12-6-2-3-7-13(12)18-14/h4-5,10,12-14,18H,2-3,6-9H2,1H3,(H,17,19,20). The van der Waals surface area contributed by atoms with Crippen LogP contribution in [0.5, 0.6) is 0 Å². The van der Waals surface area contributed by atoms with Crippen molar-refractivity contribution in [2.24, 2.45) is 5.92 Å². The molecule has 1 aromatic rings. The highest BCUT2D eigenvalue weighted by Gasteiger charge is 2.34. The molecule has 1 aliphatic carbocycles. The van der Waals surface area contributed by atoms with Crippen molar-refractivity contribution in [3.05, 3.63) is 23.9 Å². The Morgan fingerprint density at radius 2 is 2.15 bits per heavy atom. The van der Waals surface area contributed by atoms with E-state index in [1.54, 1.807) is 6.20 Å². The summed E-state index contributed by atoms with van der Waals surface area (Å²) in [4.78, 5) is 16.6. The van der Waals surface area contributed by atoms with E-state index in [4.69, 9.17) is 0 Å². The Morgan fingerprint density at radius 3 is 3.00 bits per heavy atom. The number of hydrogen-bond donors (Lipinski definition) is 2. The van der Waals surface area contributed by atoms with Gasteiger partial charge in [-0.3, -0.25) is 4.79 Å². The van der Waals surface area contributed by atoms with Gasteiger partial charge in [-0.25, -0.2) is 4.98 Å². The first-order chi connectivity index (χ1) is 9.74. The van der Waals surface area contributed by atoms with Crippen LogP contribution in [0.25, 0.3) is 0 Å². The van der Waals surface area contributed by atoms with Crippen molar-refractivity contribution in [3.63, 3.8) is 0 Å². The molecule has 0 spiro atoms. The number of anilines is 1. The van der Waals surface area contributed by atoms with E-state index in [-0.39, 0.29) is 11.9 Å². The molecule has 2 aliphatic rings. The number of amides is 1. The first kappa shape index (κ1) is 13.6. The Balaban J connectivity index is 1.62. The van der Waals surface area contributed by atoms with Crippen molar-refractivity contribution in [2.75, 3.05) is 5.32 Å². The van der Waals surface area contributed by atoms with Gasteiger partial charge in [0.05, 0.1) is 6.04 Å². The van der Waals surface area contributed by atoms with Crippen LogP contribution in [0.15, 0.2) is 18.3 Å². The third-order valence-corrected chi connectivity index (χ3v) is 4.72. The fourth-order valence-electron chi connectivity index (χ4n) is 3.52. The van der Waals surface area contributed by atoms with Gasteiger partial charge in [-0.05, 0) is 50.2 Å². The minimum absolute atomic E-state index is 0.0595. The highest BCUT2D eigenvalue weighted by molar-refractivity contribution is 5.94. The second-order valence-electron chi connectivity index (χ2n) is 6.11. The summed E-state index contributed by atoms with van der Waals surface area (Å²) in [5.74, 6) is 1.53. The SMILES string of the molecule is Cc1cccnc1NC(=O)C1CCC2CCCCC2N1. The quantitative estimate of drug-likeness (QED) is 0.871. The fraction of sp³-hybridized carbons (Fsp3) is 0.625. The number of hydrogen-bond acceptors (Lipinski definition) is 3. The van der Waals surface area contributed by atoms with Gasteiger partial charge < -0.3 is 10.6 Å². The topological polar surface area (TPSA) is 54.0 Å². The zero-order valence-electron chi connectivity index (χ0n) is 12.1. The maximum atomic E-state index is 12.4. The summed E-state index contributed by atoms with van der Waals surface area (Å²) in [5.41, 5.74) is 1.01. The van der Waals surface area contributed by atoms with Crippen molar-refractivity contribution >= 4 is 11.7 Å². The molecule has 4 heteroatoms. The number of carbonyl (C=O) groups excluding carboxylic acids is 1. The normalized spacial score (nSPS) is 29.6. The van der Waals surface area contributed by atoms with E-state index in [0.717, 1.165) is 17.9 Å². The van der Waals surface area contributed by atoms with Crippen molar-refractivity contribution in [3.8, 4) is 0 Å². The third kappa shape index (κ3) is 2.85. The van der Waals surface area contributed by atoms with Gasteiger partial charge >= 0.3 is 0 Å². The summed E-state index contributed by atoms with van der Waals surface area (Å²) < 4.78 is 0. The van der Waals surface area contributed by atoms with Crippen LogP contribution in [0.2, 0.25) is 0 Å². The molecule has 3 unspecified atom stereocenters. The van der Waals surface area contributed by atoms with E-state index in [9.17, 15) is 4.79 Å². The number of aryl methyl sites for hydroxylation is 1. The number of nitrogens with one attached hydrogen (secondary N) is 2. The molecule has 2 heterocycles. The molecule has 2 fully saturated rings. The van der Waals surface area contributed by atoms with Crippen molar-refractivity contribution in [1.82, 2.24) is 10.3 Å². The largest absolute Gasteiger partial charge is 0.309 e. The van der Waals surface area contributed by atoms with Gasteiger partial charge in [0, 0.05) is 12.2 Å². The Bertz CT molecular complexity index is 488. The lowest BCUT2D eigenvalue weighted by Gasteiger charge is -2.39. The monoisotopic (exact) mass is 273 g/mol. The fourth-order valence-corrected chi connectivity index (χ4v) is 3.52. The van der Waals surface area contributed by atoms with E-state index in [1.165, 1.54) is 32.1 Å². The minimum atomic E-state index is -0.0595. The van der Waals surface area contributed by atoms with Crippen LogP contribution in [-0.2, 0) is 4.79 Å². The number of piperidine rings is 1. The van der Waals surface area contributed by atoms with Crippen LogP contribution in [0.3, 0.4) is 0 Å². The molecule has 20 heavy (non-hydrogen) atoms. The number of rotatable bonds is 2. The Morgan fingerprint density at radius 1 is 1.30 bits per heavy atom. The predicted octanol–water partition coefficient (Wildman–Crippen LogP) is 2.64. The van der Waals surface area contributed by atoms with Crippen molar-refractivity contribution < 1.29 is 4.79 Å². The molecule has 1 aliphatic heterocycles. The van der Waals surface area contributed by atoms with Gasteiger partial charge in [-0.1, -0.05) is 18.9 Å². The molecule has 0 radical (unpaired) electrons. The van der Waals surface area contributed by atoms with Gasteiger partial charge in [0.2, 0.25) is 5.91 Å². The molecule has 3 rings (SSSR count). The van der Waals surface area contributed by atoms with Crippen LogP contribution < -0.4 is 10.6 Å². The van der Waals surface area contributed by atoms with Gasteiger partial charge in [0.1, 0.15) is 5.82 Å². The molecule has 0 aromatic carbocycles. The lowest BCUT2D eigenvalue weighted by molar-refractivity contribution is -0.119. The maximum absolute atomic E-state index is 12.4. The van der Waals surface area contributed by atoms with E-state index < -0.39 is 0 Å². The first-order valence-electron chi connectivity index (χ1n) is 7.72. The van der Waals surface area contributed by atoms with E-state index in [0.29, 0.717) is 11.9 Å². The average molecular weight is 273 g/mol. The highest BCUT2D eigenvalue weighted by atomic mass is 16.2. The Hall–Kier alpha value is -1.42. The first-order valence-corrected chi connectivity index (χ1v) is 7.72. The van der Waals surface area contributed by atoms with E-state index in [2.05, 4.69) is 15.6 Å². The van der Waals surface area contributed by atoms with Crippen LogP contribution >= 0.6 is 0 Å². The Kier molecular flexibility index (Phi) is 4.01. The molecule has 1 aromatic heterocycles. The van der Waals surface area contributed by atoms with Gasteiger partial charge in [-0.15, -0.1) is 0 Å². The summed E-state index contributed by atoms with van der Waals surface area (Å²) in [6, 6.07) is 4.33. The predicted molar refractivity (Wildman–Crippen MR) is 79.5 cm³/mol. The van der Waals surface area contributed by atoms with Crippen molar-refractivity contribution in [2.45, 2.75) is 57.5 Å². The molecule has 1 saturated heterocycles. The minimum Gasteiger partial charge on any atom is -0.309 e. The molecule has 1 saturated carbocycles. The zero-order valence-corrected chi connectivity index (χ0v) is 12.1. The van der Waals surface area contributed by atoms with Crippen LogP contribution in [0.4, 0.5) is 5.82 Å². The molecule has 108 valence electrons. The number of nitrogens with zero attached hydrogens (tertiary/aromatic N) is 1. The third-order valence-electron chi connectivity index (χ3n) is 4.72. The lowest BCUT2D eigenvalue weighted by atomic mass is 9.77. The second kappa shape index (κ2) is 5.92. The highest BCUT2D eigenvalue weighted by Crippen LogP contribution is 2.32. The summed E-state index contributed by atoms with van der Waals surface area (Å²) >= 11 is 0. The summed E-state index contributed by atoms with van der Waals surface area (Å²) in [6.07, 6.45) is 9.03. The van der Waals surface area contributed by atoms with Gasteiger partial charge in [-0.2, -0.15) is 0 Å². The smallest absolute Gasteiger partial charge is 0.242 e. The zero-order chi connectivity index (χ0) is 13.9. The second-order valence-corrected chi connectivity index (χ2v) is 6.11. The number of pyridine rings is 1. The summed E-state index contributed by atoms with van der Waals surface area (Å²) in [6.45, 7) is 1.97. The number of fused-ring (bicyclic) bond motifs is 1. The molecule has 1 amide bonds.